The number of ether oxygens (including phenoxy) is 2. The molecule has 10 atom stereocenters. The van der Waals surface area contributed by atoms with Crippen molar-refractivity contribution in [3.05, 3.63) is 208 Å². The van der Waals surface area contributed by atoms with Crippen LogP contribution in [0.15, 0.2) is 133 Å². The fourth-order valence-electron chi connectivity index (χ4n) is 13.7. The molecule has 20 heteroatoms. The highest BCUT2D eigenvalue weighted by atomic mass is 35.5. The number of hydrogen-bond donors (Lipinski definition) is 5. The number of nitro groups is 1. The lowest BCUT2D eigenvalue weighted by Gasteiger charge is -2.40. The van der Waals surface area contributed by atoms with E-state index in [9.17, 15) is 39.5 Å². The van der Waals surface area contributed by atoms with Crippen molar-refractivity contribution in [1.29, 1.82) is 0 Å². The van der Waals surface area contributed by atoms with Gasteiger partial charge in [-0.25, -0.2) is 9.59 Å². The van der Waals surface area contributed by atoms with Crippen LogP contribution in [0.4, 0.5) is 11.4 Å². The summed E-state index contributed by atoms with van der Waals surface area (Å²) in [7, 11) is 0. The number of esters is 2. The molecule has 4 heterocycles. The number of benzene rings is 6. The zero-order valence-corrected chi connectivity index (χ0v) is 49.2. The summed E-state index contributed by atoms with van der Waals surface area (Å²) < 4.78 is 10.1. The van der Waals surface area contributed by atoms with Gasteiger partial charge in [-0.1, -0.05) is 107 Å². The van der Waals surface area contributed by atoms with Crippen molar-refractivity contribution in [1.82, 2.24) is 9.80 Å². The van der Waals surface area contributed by atoms with Gasteiger partial charge in [0.2, 0.25) is 11.9 Å². The number of rotatable bonds is 17. The molecule has 6 aromatic rings. The second kappa shape index (κ2) is 24.1. The summed E-state index contributed by atoms with van der Waals surface area (Å²) in [6, 6.07) is 35.4. The van der Waals surface area contributed by atoms with Crippen LogP contribution in [0, 0.1) is 22.0 Å². The van der Waals surface area contributed by atoms with Crippen LogP contribution in [-0.4, -0.2) is 99.2 Å². The van der Waals surface area contributed by atoms with E-state index in [1.165, 1.54) is 0 Å². The molecule has 16 nitrogen and oxygen atoms in total. The summed E-state index contributed by atoms with van der Waals surface area (Å²) in [5.74, 6) is -2.00. The minimum Gasteiger partial charge on any atom is -0.462 e. The third kappa shape index (κ3) is 11.0. The van der Waals surface area contributed by atoms with Crippen LogP contribution in [0.1, 0.15) is 131 Å². The van der Waals surface area contributed by atoms with Crippen LogP contribution in [0.3, 0.4) is 0 Å². The average Bonchev–Trinajstić information content (AvgIpc) is 1.61. The average molecular weight is 1220 g/mol. The second-order valence-electron chi connectivity index (χ2n) is 22.8. The lowest BCUT2D eigenvalue weighted by molar-refractivity contribution is -0.528. The summed E-state index contributed by atoms with van der Waals surface area (Å²) >= 11 is 25.5. The number of nitrogens with zero attached hydrogens (tertiary/aromatic N) is 3. The van der Waals surface area contributed by atoms with Crippen molar-refractivity contribution >= 4 is 81.5 Å². The van der Waals surface area contributed by atoms with Crippen LogP contribution in [0.2, 0.25) is 20.1 Å². The van der Waals surface area contributed by atoms with Crippen LogP contribution in [0.25, 0.3) is 0 Å². The minimum atomic E-state index is -1.43. The van der Waals surface area contributed by atoms with Crippen LogP contribution in [-0.2, 0) is 30.1 Å². The van der Waals surface area contributed by atoms with Crippen LogP contribution in [0.5, 0.6) is 0 Å². The standard InChI is InChI=1S/C32H31Cl2N3O6.C32H33Cl2N3O4/c1-2-43-30(39)20-10-8-19(9-11-20)27(38)16-26-29(37(41)42)28(21-4-3-5-22(33)14-21)32(36(26)17-18-6-7-18)24-13-12-23(34)15-25(24)35-31(32)40;1-2-41-30(39)20-10-8-19(9-11-20)27(38)16-26-29(35)28(21-4-3-5-22(33)14-21)32(37(26)17-18-6-7-18)24-13-12-23(34)15-25(24)36-31(32)40/h3-5,8-15,18,26-29,38H,2,6-7,16-17H2,1H3,(H,35,40);3-5,8-15,18,26-29,38H,2,6-7,16-17,35H2,1H3,(H,36,40)/t2*26-,27-,28-,29+,32+/m00/s1. The quantitative estimate of drug-likeness (QED) is 0.0326. The molecule has 12 rings (SSSR count). The zero-order chi connectivity index (χ0) is 59.4. The molecule has 6 aliphatic rings. The summed E-state index contributed by atoms with van der Waals surface area (Å²) in [6.45, 7) is 5.14. The number of aliphatic hydroxyl groups excluding tert-OH is 2. The first kappa shape index (κ1) is 59.3. The first-order valence-corrected chi connectivity index (χ1v) is 30.0. The fraction of sp³-hybridized carbons (Fsp3) is 0.375. The number of nitrogens with one attached hydrogen (secondary N) is 2. The van der Waals surface area contributed by atoms with Gasteiger partial charge in [0.05, 0.1) is 48.5 Å². The Morgan fingerprint density at radius 1 is 0.619 bits per heavy atom. The molecule has 2 aliphatic carbocycles. The van der Waals surface area contributed by atoms with Gasteiger partial charge in [0.25, 0.3) is 5.91 Å². The Morgan fingerprint density at radius 2 is 1.02 bits per heavy atom. The SMILES string of the molecule is CCOC(=O)c1ccc([C@@H](O)C[C@H]2[C@@H](N)[C@H](c3cccc(Cl)c3)[C@]3(C(=O)Nc4cc(Cl)ccc43)N2CC2CC2)cc1.CCOC(=O)c1ccc([C@@H](O)C[C@H]2[C@@H]([N+](=O)[O-])[C@H](c3cccc(Cl)c3)[C@]3(C(=O)Nc4cc(Cl)ccc43)N2CC2CC2)cc1. The maximum absolute atomic E-state index is 14.3. The van der Waals surface area contributed by atoms with Crippen molar-refractivity contribution < 1.29 is 43.8 Å². The molecule has 6 aromatic carbocycles. The largest absolute Gasteiger partial charge is 0.462 e. The van der Waals surface area contributed by atoms with E-state index in [4.69, 9.17) is 61.6 Å². The molecule has 2 amide bonds. The fourth-order valence-corrected chi connectivity index (χ4v) is 14.4. The number of amides is 2. The molecule has 84 heavy (non-hydrogen) atoms. The number of hydrogen-bond acceptors (Lipinski definition) is 13. The third-order valence-electron chi connectivity index (χ3n) is 17.7. The van der Waals surface area contributed by atoms with Gasteiger partial charge >= 0.3 is 11.9 Å². The maximum atomic E-state index is 14.3. The number of carbonyl (C=O) groups excluding carboxylic acids is 4. The molecule has 438 valence electrons. The van der Waals surface area contributed by atoms with Gasteiger partial charge in [-0.2, -0.15) is 0 Å². The normalized spacial score (nSPS) is 25.8. The summed E-state index contributed by atoms with van der Waals surface area (Å²) in [6.07, 6.45) is 2.41. The van der Waals surface area contributed by atoms with Crippen LogP contribution >= 0.6 is 46.4 Å². The highest BCUT2D eigenvalue weighted by Crippen LogP contribution is 2.61. The van der Waals surface area contributed by atoms with Crippen molar-refractivity contribution in [2.45, 2.75) is 112 Å². The Labute approximate surface area is 506 Å². The van der Waals surface area contributed by atoms with Crippen molar-refractivity contribution in [2.75, 3.05) is 36.9 Å². The lowest BCUT2D eigenvalue weighted by atomic mass is 9.73. The topological polar surface area (TPSA) is 227 Å². The van der Waals surface area contributed by atoms with E-state index < -0.39 is 65.2 Å². The first-order chi connectivity index (χ1) is 40.4. The molecule has 0 unspecified atom stereocenters. The maximum Gasteiger partial charge on any atom is 0.338 e. The molecule has 4 aliphatic heterocycles. The van der Waals surface area contributed by atoms with E-state index in [0.717, 1.165) is 36.8 Å². The van der Waals surface area contributed by atoms with E-state index in [1.807, 2.05) is 41.3 Å². The van der Waals surface area contributed by atoms with E-state index in [2.05, 4.69) is 15.5 Å². The van der Waals surface area contributed by atoms with E-state index >= 15 is 0 Å². The van der Waals surface area contributed by atoms with Gasteiger partial charge in [0.15, 0.2) is 0 Å². The number of anilines is 2. The number of carbonyl (C=O) groups is 4. The van der Waals surface area contributed by atoms with Crippen molar-refractivity contribution in [2.24, 2.45) is 17.6 Å². The predicted octanol–water partition coefficient (Wildman–Crippen LogP) is 11.6. The second-order valence-corrected chi connectivity index (χ2v) is 24.5. The molecule has 0 bridgehead atoms. The van der Waals surface area contributed by atoms with E-state index in [-0.39, 0.29) is 48.3 Å². The van der Waals surface area contributed by atoms with Gasteiger partial charge in [-0.3, -0.25) is 29.5 Å². The molecule has 4 fully saturated rings. The van der Waals surface area contributed by atoms with Crippen molar-refractivity contribution in [3.8, 4) is 0 Å². The highest BCUT2D eigenvalue weighted by Gasteiger charge is 2.71. The molecule has 0 aromatic heterocycles. The monoisotopic (exact) mass is 1220 g/mol. The zero-order valence-electron chi connectivity index (χ0n) is 46.1. The van der Waals surface area contributed by atoms with Crippen molar-refractivity contribution in [3.63, 3.8) is 0 Å². The lowest BCUT2D eigenvalue weighted by Crippen LogP contribution is -2.52. The Hall–Kier alpha value is -6.44. The molecule has 2 saturated carbocycles. The predicted molar refractivity (Wildman–Crippen MR) is 321 cm³/mol. The molecule has 2 spiro atoms. The molecular weight excluding hydrogens is 1150 g/mol. The Morgan fingerprint density at radius 3 is 1.44 bits per heavy atom. The number of aliphatic hydroxyl groups is 2. The summed E-state index contributed by atoms with van der Waals surface area (Å²) in [4.78, 5) is 69.8. The number of halogens is 4. The highest BCUT2D eigenvalue weighted by molar-refractivity contribution is 6.32. The third-order valence-corrected chi connectivity index (χ3v) is 18.6. The molecule has 6 N–H and O–H groups in total. The molecular formula is C64H64Cl4N6O10. The van der Waals surface area contributed by atoms with Gasteiger partial charge in [0, 0.05) is 78.6 Å². The van der Waals surface area contributed by atoms with E-state index in [1.54, 1.807) is 111 Å². The van der Waals surface area contributed by atoms with E-state index in [0.29, 0.717) is 90.3 Å². The Balaban J connectivity index is 0.000000176. The Bertz CT molecular complexity index is 3510. The van der Waals surface area contributed by atoms with Gasteiger partial charge < -0.3 is 36.1 Å². The molecule has 0 radical (unpaired) electrons. The van der Waals surface area contributed by atoms with Gasteiger partial charge in [-0.15, -0.1) is 0 Å². The first-order valence-electron chi connectivity index (χ1n) is 28.5. The van der Waals surface area contributed by atoms with Gasteiger partial charge in [0.1, 0.15) is 11.1 Å². The number of likely N-dealkylation sites (tertiary alicyclic amines) is 2. The number of fused-ring (bicyclic) bond motifs is 4. The smallest absolute Gasteiger partial charge is 0.338 e. The molecule has 2 saturated heterocycles. The van der Waals surface area contributed by atoms with Crippen LogP contribution < -0.4 is 16.4 Å². The Kier molecular flexibility index (Phi) is 17.0. The number of nitrogens with two attached hydrogens (primary N) is 1. The summed E-state index contributed by atoms with van der Waals surface area (Å²) in [5.41, 5.74) is 10.7. The van der Waals surface area contributed by atoms with Gasteiger partial charge in [-0.05, 0) is 159 Å². The minimum absolute atomic E-state index is 0.00780. The summed E-state index contributed by atoms with van der Waals surface area (Å²) in [5, 5.41) is 44.1.